The monoisotopic (exact) mass is 306 g/mol. The number of ether oxygens (including phenoxy) is 1. The molecule has 20 heavy (non-hydrogen) atoms. The van der Waals surface area contributed by atoms with Crippen LogP contribution in [0.15, 0.2) is 36.0 Å². The Labute approximate surface area is 129 Å². The molecule has 0 bridgehead atoms. The summed E-state index contributed by atoms with van der Waals surface area (Å²) >= 11 is 6.84. The summed E-state index contributed by atoms with van der Waals surface area (Å²) in [5, 5.41) is 6.69. The van der Waals surface area contributed by atoms with E-state index in [9.17, 15) is 0 Å². The lowest BCUT2D eigenvalue weighted by atomic mass is 10.1. The largest absolute Gasteiger partial charge is 0.466 e. The number of nitrogens with one attached hydrogen (secondary N) is 1. The maximum atomic E-state index is 5.51. The molecule has 0 saturated carbocycles. The lowest BCUT2D eigenvalue weighted by Crippen LogP contribution is -2.12. The zero-order valence-electron chi connectivity index (χ0n) is 11.6. The van der Waals surface area contributed by atoms with Gasteiger partial charge in [0.2, 0.25) is 0 Å². The van der Waals surface area contributed by atoms with Gasteiger partial charge in [0, 0.05) is 18.0 Å². The van der Waals surface area contributed by atoms with Crippen LogP contribution in [0.4, 0.5) is 5.00 Å². The Bertz CT molecular complexity index is 552. The number of nitrogens with zero attached hydrogens (tertiary/aromatic N) is 1. The lowest BCUT2D eigenvalue weighted by molar-refractivity contribution is 0.300. The summed E-state index contributed by atoms with van der Waals surface area (Å²) in [5.41, 5.74) is 2.34. The van der Waals surface area contributed by atoms with Gasteiger partial charge in [0.15, 0.2) is 0 Å². The molecule has 0 saturated heterocycles. The van der Waals surface area contributed by atoms with Gasteiger partial charge in [-0.15, -0.1) is 11.3 Å². The minimum absolute atomic E-state index is 0.395. The van der Waals surface area contributed by atoms with E-state index in [1.807, 2.05) is 12.1 Å². The van der Waals surface area contributed by atoms with Gasteiger partial charge in [-0.2, -0.15) is 0 Å². The second-order valence-corrected chi connectivity index (χ2v) is 6.26. The van der Waals surface area contributed by atoms with Crippen LogP contribution in [0.3, 0.4) is 0 Å². The molecule has 0 amide bonds. The zero-order chi connectivity index (χ0) is 14.4. The highest BCUT2D eigenvalue weighted by Gasteiger charge is 2.05. The van der Waals surface area contributed by atoms with Gasteiger partial charge in [-0.3, -0.25) is 4.98 Å². The summed E-state index contributed by atoms with van der Waals surface area (Å²) in [6, 6.07) is 5.97. The number of pyridine rings is 1. The Morgan fingerprint density at radius 1 is 1.45 bits per heavy atom. The summed E-state index contributed by atoms with van der Waals surface area (Å²) in [5.74, 6) is 0.659. The number of anilines is 1. The molecule has 0 atom stereocenters. The molecular formula is C15H18N2OS2. The molecule has 106 valence electrons. The Kier molecular flexibility index (Phi) is 5.49. The third kappa shape index (κ3) is 4.90. The lowest BCUT2D eigenvalue weighted by Gasteiger charge is -2.07. The van der Waals surface area contributed by atoms with Crippen LogP contribution in [0.5, 0.6) is 0 Å². The van der Waals surface area contributed by atoms with Gasteiger partial charge in [0.1, 0.15) is 6.61 Å². The van der Waals surface area contributed by atoms with Gasteiger partial charge in [-0.05, 0) is 47.6 Å². The normalized spacial score (nSPS) is 10.6. The number of thiocarbonyl (C=S) groups is 1. The van der Waals surface area contributed by atoms with Crippen molar-refractivity contribution in [2.75, 3.05) is 5.32 Å². The van der Waals surface area contributed by atoms with Crippen LogP contribution in [0.1, 0.15) is 25.0 Å². The summed E-state index contributed by atoms with van der Waals surface area (Å²) in [7, 11) is 0. The van der Waals surface area contributed by atoms with Crippen molar-refractivity contribution in [2.45, 2.75) is 26.9 Å². The van der Waals surface area contributed by atoms with Crippen molar-refractivity contribution in [3.63, 3.8) is 0 Å². The first-order valence-corrected chi connectivity index (χ1v) is 7.82. The van der Waals surface area contributed by atoms with Crippen molar-refractivity contribution < 1.29 is 4.74 Å². The molecule has 1 N–H and O–H groups in total. The van der Waals surface area contributed by atoms with Crippen molar-refractivity contribution >= 4 is 33.7 Å². The third-order valence-electron chi connectivity index (χ3n) is 2.62. The molecule has 2 aromatic rings. The molecule has 0 aliphatic heterocycles. The first kappa shape index (κ1) is 14.9. The molecule has 2 rings (SSSR count). The van der Waals surface area contributed by atoms with Crippen molar-refractivity contribution in [1.29, 1.82) is 0 Å². The standard InChI is InChI=1S/C15H18N2OS2/c1-11(2)6-13-7-14(20-10-13)17-15(19)18-9-12-4-3-5-16-8-12/h3-5,7-8,10-11H,6,9H2,1-2H3,(H,17,19). The molecule has 3 nitrogen and oxygen atoms in total. The molecule has 5 heteroatoms. The molecule has 0 unspecified atom stereocenters. The SMILES string of the molecule is CC(C)Cc1csc(NC(=S)OCc2cccnc2)c1. The van der Waals surface area contributed by atoms with Crippen LogP contribution in [-0.4, -0.2) is 10.2 Å². The van der Waals surface area contributed by atoms with Crippen LogP contribution in [0, 0.1) is 5.92 Å². The minimum Gasteiger partial charge on any atom is -0.466 e. The van der Waals surface area contributed by atoms with Crippen LogP contribution < -0.4 is 5.32 Å². The fourth-order valence-corrected chi connectivity index (χ4v) is 2.84. The molecule has 2 aromatic heterocycles. The molecule has 0 aliphatic carbocycles. The van der Waals surface area contributed by atoms with Crippen molar-refractivity contribution in [3.05, 3.63) is 47.1 Å². The fraction of sp³-hybridized carbons (Fsp3) is 0.333. The Morgan fingerprint density at radius 3 is 3.00 bits per heavy atom. The molecule has 0 fully saturated rings. The molecule has 2 heterocycles. The first-order chi connectivity index (χ1) is 9.63. The second-order valence-electron chi connectivity index (χ2n) is 4.98. The van der Waals surface area contributed by atoms with Crippen LogP contribution in [-0.2, 0) is 17.8 Å². The van der Waals surface area contributed by atoms with Crippen molar-refractivity contribution in [1.82, 2.24) is 4.98 Å². The van der Waals surface area contributed by atoms with Crippen molar-refractivity contribution in [2.24, 2.45) is 5.92 Å². The highest BCUT2D eigenvalue weighted by atomic mass is 32.1. The molecule has 0 spiro atoms. The number of aromatic nitrogens is 1. The number of thiophene rings is 1. The van der Waals surface area contributed by atoms with Gasteiger partial charge >= 0.3 is 0 Å². The molecule has 0 radical (unpaired) electrons. The number of hydrogen-bond donors (Lipinski definition) is 1. The van der Waals surface area contributed by atoms with Gasteiger partial charge in [0.25, 0.3) is 5.17 Å². The summed E-state index contributed by atoms with van der Waals surface area (Å²) in [6.45, 7) is 4.86. The smallest absolute Gasteiger partial charge is 0.262 e. The molecular weight excluding hydrogens is 288 g/mol. The summed E-state index contributed by atoms with van der Waals surface area (Å²) < 4.78 is 5.51. The predicted molar refractivity (Wildman–Crippen MR) is 88.1 cm³/mol. The average Bonchev–Trinajstić information content (AvgIpc) is 2.84. The van der Waals surface area contributed by atoms with Gasteiger partial charge in [-0.25, -0.2) is 0 Å². The van der Waals surface area contributed by atoms with Crippen molar-refractivity contribution in [3.8, 4) is 0 Å². The highest BCUT2D eigenvalue weighted by Crippen LogP contribution is 2.22. The van der Waals surface area contributed by atoms with E-state index in [1.165, 1.54) is 5.56 Å². The summed E-state index contributed by atoms with van der Waals surface area (Å²) in [4.78, 5) is 4.04. The Hall–Kier alpha value is -1.46. The van der Waals surface area contributed by atoms with E-state index in [2.05, 4.69) is 35.6 Å². The third-order valence-corrected chi connectivity index (χ3v) is 3.73. The molecule has 0 aliphatic rings. The van der Waals surface area contributed by atoms with E-state index in [0.29, 0.717) is 17.7 Å². The van der Waals surface area contributed by atoms with E-state index >= 15 is 0 Å². The van der Waals surface area contributed by atoms with Crippen LogP contribution >= 0.6 is 23.6 Å². The second kappa shape index (κ2) is 7.36. The highest BCUT2D eigenvalue weighted by molar-refractivity contribution is 7.80. The first-order valence-electron chi connectivity index (χ1n) is 6.53. The number of hydrogen-bond acceptors (Lipinski definition) is 4. The van der Waals surface area contributed by atoms with E-state index in [0.717, 1.165) is 17.0 Å². The van der Waals surface area contributed by atoms with Crippen LogP contribution in [0.25, 0.3) is 0 Å². The average molecular weight is 306 g/mol. The fourth-order valence-electron chi connectivity index (χ4n) is 1.79. The van der Waals surface area contributed by atoms with Gasteiger partial charge in [-0.1, -0.05) is 19.9 Å². The maximum absolute atomic E-state index is 5.51. The number of rotatable bonds is 5. The van der Waals surface area contributed by atoms with E-state index in [-0.39, 0.29) is 0 Å². The zero-order valence-corrected chi connectivity index (χ0v) is 13.3. The Morgan fingerprint density at radius 2 is 2.30 bits per heavy atom. The van der Waals surface area contributed by atoms with E-state index in [1.54, 1.807) is 23.7 Å². The minimum atomic E-state index is 0.395. The van der Waals surface area contributed by atoms with Gasteiger partial charge in [0.05, 0.1) is 5.00 Å². The molecule has 0 aromatic carbocycles. The van der Waals surface area contributed by atoms with E-state index < -0.39 is 0 Å². The quantitative estimate of drug-likeness (QED) is 0.837. The Balaban J connectivity index is 1.81. The van der Waals surface area contributed by atoms with Crippen LogP contribution in [0.2, 0.25) is 0 Å². The summed E-state index contributed by atoms with van der Waals surface area (Å²) in [6.07, 6.45) is 4.60. The van der Waals surface area contributed by atoms with Gasteiger partial charge < -0.3 is 10.1 Å². The van der Waals surface area contributed by atoms with E-state index in [4.69, 9.17) is 17.0 Å². The maximum Gasteiger partial charge on any atom is 0.262 e. The topological polar surface area (TPSA) is 34.1 Å². The predicted octanol–water partition coefficient (Wildman–Crippen LogP) is 4.26.